The summed E-state index contributed by atoms with van der Waals surface area (Å²) in [7, 11) is 0. The summed E-state index contributed by atoms with van der Waals surface area (Å²) < 4.78 is 2.10. The monoisotopic (exact) mass is 245 g/mol. The van der Waals surface area contributed by atoms with Gasteiger partial charge >= 0.3 is 0 Å². The van der Waals surface area contributed by atoms with Crippen molar-refractivity contribution in [1.29, 1.82) is 0 Å². The van der Waals surface area contributed by atoms with Crippen LogP contribution >= 0.6 is 0 Å². The van der Waals surface area contributed by atoms with E-state index in [0.29, 0.717) is 5.92 Å². The second-order valence-electron chi connectivity index (χ2n) is 4.68. The van der Waals surface area contributed by atoms with Crippen LogP contribution in [0.1, 0.15) is 12.2 Å². The average Bonchev–Trinajstić information content (AvgIpc) is 2.82. The molecule has 0 aliphatic carbocycles. The number of rotatable bonds is 2. The Morgan fingerprint density at radius 1 is 1.22 bits per heavy atom. The first-order valence-electron chi connectivity index (χ1n) is 6.10. The van der Waals surface area contributed by atoms with Crippen LogP contribution in [-0.4, -0.2) is 31.6 Å². The second kappa shape index (κ2) is 4.42. The number of aromatic hydroxyl groups is 1. The van der Waals surface area contributed by atoms with Gasteiger partial charge in [-0.05, 0) is 36.6 Å². The maximum absolute atomic E-state index is 9.29. The summed E-state index contributed by atoms with van der Waals surface area (Å²) in [6.45, 7) is 1.05. The number of fused-ring (bicyclic) bond motifs is 1. The lowest BCUT2D eigenvalue weighted by Crippen LogP contribution is -2.22. The van der Waals surface area contributed by atoms with Crippen molar-refractivity contribution in [3.8, 4) is 17.1 Å². The number of hydrogen-bond acceptors (Lipinski definition) is 4. The number of benzene rings is 1. The fourth-order valence-corrected chi connectivity index (χ4v) is 2.37. The first-order valence-corrected chi connectivity index (χ1v) is 6.10. The Labute approximate surface area is 105 Å². The van der Waals surface area contributed by atoms with Crippen molar-refractivity contribution in [2.75, 3.05) is 6.61 Å². The third kappa shape index (κ3) is 1.86. The molecule has 2 heterocycles. The number of hydrogen-bond donors (Lipinski definition) is 2. The summed E-state index contributed by atoms with van der Waals surface area (Å²) in [6, 6.07) is 6.97. The standard InChI is InChI=1S/C13H15N3O2/c17-8-9-5-6-16-12(7-9)14-15-13(16)10-1-3-11(18)4-2-10/h1-4,9,17-18H,5-8H2. The number of aromatic nitrogens is 3. The zero-order chi connectivity index (χ0) is 12.5. The lowest BCUT2D eigenvalue weighted by molar-refractivity contribution is 0.199. The van der Waals surface area contributed by atoms with Gasteiger partial charge in [-0.2, -0.15) is 0 Å². The van der Waals surface area contributed by atoms with E-state index < -0.39 is 0 Å². The molecule has 2 N–H and O–H groups in total. The Kier molecular flexibility index (Phi) is 2.76. The molecule has 1 aliphatic rings. The van der Waals surface area contributed by atoms with Crippen LogP contribution in [0.5, 0.6) is 5.75 Å². The topological polar surface area (TPSA) is 71.2 Å². The molecular weight excluding hydrogens is 230 g/mol. The maximum atomic E-state index is 9.29. The summed E-state index contributed by atoms with van der Waals surface area (Å²) in [5.74, 6) is 2.32. The second-order valence-corrected chi connectivity index (χ2v) is 4.68. The lowest BCUT2D eigenvalue weighted by Gasteiger charge is -2.21. The van der Waals surface area contributed by atoms with Gasteiger partial charge in [0.1, 0.15) is 11.6 Å². The minimum Gasteiger partial charge on any atom is -0.508 e. The highest BCUT2D eigenvalue weighted by Crippen LogP contribution is 2.26. The molecule has 1 aliphatic heterocycles. The first kappa shape index (κ1) is 11.2. The van der Waals surface area contributed by atoms with Gasteiger partial charge in [0, 0.05) is 25.1 Å². The van der Waals surface area contributed by atoms with Gasteiger partial charge in [-0.15, -0.1) is 10.2 Å². The van der Waals surface area contributed by atoms with Gasteiger partial charge in [-0.25, -0.2) is 0 Å². The number of aliphatic hydroxyl groups excluding tert-OH is 1. The summed E-state index contributed by atoms with van der Waals surface area (Å²) in [5.41, 5.74) is 0.953. The largest absolute Gasteiger partial charge is 0.508 e. The third-order valence-corrected chi connectivity index (χ3v) is 3.44. The van der Waals surface area contributed by atoms with Gasteiger partial charge in [0.25, 0.3) is 0 Å². The molecule has 2 aromatic rings. The molecule has 0 fully saturated rings. The number of aliphatic hydroxyl groups is 1. The summed E-state index contributed by atoms with van der Waals surface area (Å²) in [5, 5.41) is 26.9. The third-order valence-electron chi connectivity index (χ3n) is 3.44. The highest BCUT2D eigenvalue weighted by molar-refractivity contribution is 5.56. The van der Waals surface area contributed by atoms with Crippen LogP contribution in [0.3, 0.4) is 0 Å². The van der Waals surface area contributed by atoms with Crippen LogP contribution in [-0.2, 0) is 13.0 Å². The van der Waals surface area contributed by atoms with Gasteiger partial charge in [0.05, 0.1) is 0 Å². The number of nitrogens with zero attached hydrogens (tertiary/aromatic N) is 3. The summed E-state index contributed by atoms with van der Waals surface area (Å²) in [4.78, 5) is 0. The Balaban J connectivity index is 1.96. The minimum atomic E-state index is 0.210. The highest BCUT2D eigenvalue weighted by atomic mass is 16.3. The fourth-order valence-electron chi connectivity index (χ4n) is 2.37. The molecule has 1 atom stereocenters. The van der Waals surface area contributed by atoms with E-state index in [1.807, 2.05) is 12.1 Å². The van der Waals surface area contributed by atoms with Crippen molar-refractivity contribution in [1.82, 2.24) is 14.8 Å². The molecule has 18 heavy (non-hydrogen) atoms. The predicted molar refractivity (Wildman–Crippen MR) is 66.0 cm³/mol. The van der Waals surface area contributed by atoms with E-state index in [4.69, 9.17) is 0 Å². The van der Waals surface area contributed by atoms with Crippen molar-refractivity contribution in [3.63, 3.8) is 0 Å². The van der Waals surface area contributed by atoms with Gasteiger partial charge in [-0.3, -0.25) is 0 Å². The van der Waals surface area contributed by atoms with Crippen LogP contribution in [0.2, 0.25) is 0 Å². The molecule has 0 saturated carbocycles. The molecule has 94 valence electrons. The van der Waals surface area contributed by atoms with Gasteiger partial charge in [0.15, 0.2) is 5.82 Å². The van der Waals surface area contributed by atoms with Crippen LogP contribution in [0.15, 0.2) is 24.3 Å². The number of phenolic OH excluding ortho intramolecular Hbond substituents is 1. The lowest BCUT2D eigenvalue weighted by atomic mass is 9.99. The SMILES string of the molecule is OCC1CCn2c(nnc2-c2ccc(O)cc2)C1. The average molecular weight is 245 g/mol. The summed E-state index contributed by atoms with van der Waals surface area (Å²) >= 11 is 0. The van der Waals surface area contributed by atoms with E-state index in [9.17, 15) is 10.2 Å². The Morgan fingerprint density at radius 2 is 2.00 bits per heavy atom. The quantitative estimate of drug-likeness (QED) is 0.834. The molecule has 0 bridgehead atoms. The number of phenols is 1. The van der Waals surface area contributed by atoms with Crippen molar-refractivity contribution in [2.24, 2.45) is 5.92 Å². The van der Waals surface area contributed by atoms with Crippen LogP contribution < -0.4 is 0 Å². The molecule has 5 heteroatoms. The Hall–Kier alpha value is -1.88. The minimum absolute atomic E-state index is 0.210. The van der Waals surface area contributed by atoms with Gasteiger partial charge in [0.2, 0.25) is 0 Å². The van der Waals surface area contributed by atoms with Crippen molar-refractivity contribution in [2.45, 2.75) is 19.4 Å². The van der Waals surface area contributed by atoms with Gasteiger partial charge < -0.3 is 14.8 Å². The van der Waals surface area contributed by atoms with Crippen molar-refractivity contribution >= 4 is 0 Å². The smallest absolute Gasteiger partial charge is 0.163 e. The fraction of sp³-hybridized carbons (Fsp3) is 0.385. The van der Waals surface area contributed by atoms with E-state index in [1.165, 1.54) is 0 Å². The maximum Gasteiger partial charge on any atom is 0.163 e. The molecular formula is C13H15N3O2. The molecule has 3 rings (SSSR count). The highest BCUT2D eigenvalue weighted by Gasteiger charge is 2.22. The van der Waals surface area contributed by atoms with E-state index in [1.54, 1.807) is 12.1 Å². The molecule has 1 aromatic carbocycles. The first-order chi connectivity index (χ1) is 8.78. The normalized spacial score (nSPS) is 18.6. The molecule has 5 nitrogen and oxygen atoms in total. The molecule has 0 spiro atoms. The Morgan fingerprint density at radius 3 is 2.72 bits per heavy atom. The molecule has 0 saturated heterocycles. The summed E-state index contributed by atoms with van der Waals surface area (Å²) in [6.07, 6.45) is 1.73. The van der Waals surface area contributed by atoms with Gasteiger partial charge in [-0.1, -0.05) is 0 Å². The van der Waals surface area contributed by atoms with Crippen LogP contribution in [0.4, 0.5) is 0 Å². The zero-order valence-electron chi connectivity index (χ0n) is 9.95. The molecule has 1 unspecified atom stereocenters. The van der Waals surface area contributed by atoms with Crippen LogP contribution in [0.25, 0.3) is 11.4 Å². The molecule has 1 aromatic heterocycles. The van der Waals surface area contributed by atoms with Crippen molar-refractivity contribution in [3.05, 3.63) is 30.1 Å². The van der Waals surface area contributed by atoms with E-state index in [0.717, 1.165) is 36.6 Å². The zero-order valence-corrected chi connectivity index (χ0v) is 9.95. The van der Waals surface area contributed by atoms with Crippen molar-refractivity contribution < 1.29 is 10.2 Å². The van der Waals surface area contributed by atoms with E-state index in [2.05, 4.69) is 14.8 Å². The molecule has 0 radical (unpaired) electrons. The molecule has 0 amide bonds. The van der Waals surface area contributed by atoms with E-state index in [-0.39, 0.29) is 12.4 Å². The Bertz CT molecular complexity index is 548. The predicted octanol–water partition coefficient (Wildman–Crippen LogP) is 1.21. The van der Waals surface area contributed by atoms with Crippen LogP contribution in [0, 0.1) is 5.92 Å². The van der Waals surface area contributed by atoms with E-state index >= 15 is 0 Å².